The molecule has 4 rings (SSSR count). The lowest BCUT2D eigenvalue weighted by atomic mass is 9.80. The Labute approximate surface area is 156 Å². The Hall–Kier alpha value is -1.84. The second-order valence-corrected chi connectivity index (χ2v) is 7.86. The molecule has 0 radical (unpaired) electrons. The minimum atomic E-state index is 0.0945. The summed E-state index contributed by atoms with van der Waals surface area (Å²) >= 11 is 0. The number of hydrogen-bond donors (Lipinski definition) is 0. The van der Waals surface area contributed by atoms with Crippen LogP contribution in [0.5, 0.6) is 5.75 Å². The molecule has 2 aliphatic rings. The van der Waals surface area contributed by atoms with Crippen LogP contribution in [0.4, 0.5) is 0 Å². The van der Waals surface area contributed by atoms with Crippen LogP contribution >= 0.6 is 0 Å². The van der Waals surface area contributed by atoms with E-state index < -0.39 is 0 Å². The van der Waals surface area contributed by atoms with Crippen LogP contribution in [-0.4, -0.2) is 31.3 Å². The molecule has 2 aromatic rings. The molecule has 2 saturated heterocycles. The summed E-state index contributed by atoms with van der Waals surface area (Å²) in [5, 5.41) is 0. The van der Waals surface area contributed by atoms with Crippen molar-refractivity contribution < 1.29 is 9.47 Å². The fourth-order valence-electron chi connectivity index (χ4n) is 4.96. The molecule has 2 aromatic carbocycles. The van der Waals surface area contributed by atoms with Crippen LogP contribution in [0.3, 0.4) is 0 Å². The molecule has 0 aromatic heterocycles. The Balaban J connectivity index is 1.67. The van der Waals surface area contributed by atoms with Crippen LogP contribution < -0.4 is 4.74 Å². The minimum absolute atomic E-state index is 0.0945. The fourth-order valence-corrected chi connectivity index (χ4v) is 4.96. The first kappa shape index (κ1) is 17.6. The Morgan fingerprint density at radius 2 is 1.77 bits per heavy atom. The van der Waals surface area contributed by atoms with Gasteiger partial charge >= 0.3 is 0 Å². The van der Waals surface area contributed by atoms with Crippen molar-refractivity contribution in [3.8, 4) is 5.75 Å². The molecule has 0 aliphatic carbocycles. The topological polar surface area (TPSA) is 21.7 Å². The second-order valence-electron chi connectivity index (χ2n) is 7.86. The number of hydrogen-bond acceptors (Lipinski definition) is 3. The molecule has 0 N–H and O–H groups in total. The molecule has 2 bridgehead atoms. The normalized spacial score (nSPS) is 28.3. The van der Waals surface area contributed by atoms with Crippen molar-refractivity contribution in [2.45, 2.75) is 56.8 Å². The van der Waals surface area contributed by atoms with Crippen LogP contribution in [0.1, 0.15) is 42.4 Å². The highest BCUT2D eigenvalue weighted by Gasteiger charge is 2.52. The number of benzene rings is 2. The highest BCUT2D eigenvalue weighted by atomic mass is 16.5. The van der Waals surface area contributed by atoms with E-state index in [9.17, 15) is 0 Å². The van der Waals surface area contributed by atoms with Crippen LogP contribution in [0, 0.1) is 6.92 Å². The van der Waals surface area contributed by atoms with Gasteiger partial charge < -0.3 is 9.47 Å². The average molecular weight is 351 g/mol. The summed E-state index contributed by atoms with van der Waals surface area (Å²) in [7, 11) is 3.59. The smallest absolute Gasteiger partial charge is 0.118 e. The van der Waals surface area contributed by atoms with Gasteiger partial charge in [0.05, 0.1) is 13.2 Å². The summed E-state index contributed by atoms with van der Waals surface area (Å²) in [6.07, 6.45) is 5.05. The lowest BCUT2D eigenvalue weighted by Gasteiger charge is -2.48. The van der Waals surface area contributed by atoms with Crippen LogP contribution in [0.15, 0.2) is 48.5 Å². The first-order chi connectivity index (χ1) is 12.6. The summed E-state index contributed by atoms with van der Waals surface area (Å²) in [5.41, 5.74) is 4.21. The van der Waals surface area contributed by atoms with Gasteiger partial charge in [0.25, 0.3) is 0 Å². The van der Waals surface area contributed by atoms with Gasteiger partial charge in [-0.1, -0.05) is 42.0 Å². The zero-order valence-electron chi connectivity index (χ0n) is 16.1. The second kappa shape index (κ2) is 7.05. The maximum Gasteiger partial charge on any atom is 0.118 e. The van der Waals surface area contributed by atoms with E-state index in [2.05, 4.69) is 60.4 Å². The van der Waals surface area contributed by atoms with Crippen molar-refractivity contribution in [3.05, 3.63) is 65.2 Å². The molecule has 3 unspecified atom stereocenters. The van der Waals surface area contributed by atoms with E-state index in [1.54, 1.807) is 7.11 Å². The minimum Gasteiger partial charge on any atom is -0.497 e. The molecule has 0 saturated carbocycles. The third-order valence-electron chi connectivity index (χ3n) is 6.42. The highest BCUT2D eigenvalue weighted by molar-refractivity contribution is 5.33. The number of aryl methyl sites for hydroxylation is 1. The third kappa shape index (κ3) is 3.04. The quantitative estimate of drug-likeness (QED) is 0.781. The maximum absolute atomic E-state index is 5.83. The molecule has 138 valence electrons. The van der Waals surface area contributed by atoms with Crippen molar-refractivity contribution in [1.82, 2.24) is 4.90 Å². The summed E-state index contributed by atoms with van der Waals surface area (Å²) in [6.45, 7) is 3.14. The van der Waals surface area contributed by atoms with E-state index in [1.165, 1.54) is 29.5 Å². The van der Waals surface area contributed by atoms with Crippen molar-refractivity contribution in [2.75, 3.05) is 14.2 Å². The molecule has 3 atom stereocenters. The first-order valence-electron chi connectivity index (χ1n) is 9.64. The predicted molar refractivity (Wildman–Crippen MR) is 104 cm³/mol. The zero-order valence-corrected chi connectivity index (χ0v) is 16.1. The van der Waals surface area contributed by atoms with E-state index >= 15 is 0 Å². The Kier molecular flexibility index (Phi) is 4.76. The van der Waals surface area contributed by atoms with Gasteiger partial charge in [0, 0.05) is 25.2 Å². The van der Waals surface area contributed by atoms with Gasteiger partial charge in [0.1, 0.15) is 5.75 Å². The van der Waals surface area contributed by atoms with Gasteiger partial charge in [-0.2, -0.15) is 0 Å². The van der Waals surface area contributed by atoms with Gasteiger partial charge in [-0.15, -0.1) is 0 Å². The average Bonchev–Trinajstić information content (AvgIpc) is 2.88. The predicted octanol–water partition coefficient (Wildman–Crippen LogP) is 4.67. The number of methoxy groups -OCH3 is 2. The van der Waals surface area contributed by atoms with Crippen molar-refractivity contribution in [3.63, 3.8) is 0 Å². The number of nitrogens with zero attached hydrogens (tertiary/aromatic N) is 1. The lowest BCUT2D eigenvalue weighted by molar-refractivity contribution is -0.0460. The van der Waals surface area contributed by atoms with Crippen LogP contribution in [0.25, 0.3) is 0 Å². The SMILES string of the molecule is COc1ccc(CN2C3CCC2(c2ccc(C)cc2)CC(OC)C3)cc1. The van der Waals surface area contributed by atoms with Crippen LogP contribution in [0.2, 0.25) is 0 Å². The van der Waals surface area contributed by atoms with E-state index in [0.717, 1.165) is 25.1 Å². The van der Waals surface area contributed by atoms with Crippen LogP contribution in [-0.2, 0) is 16.8 Å². The molecular weight excluding hydrogens is 322 g/mol. The molecule has 2 fully saturated rings. The standard InChI is InChI=1S/C23H29NO2/c1-17-4-8-19(9-5-17)23-13-12-20(14-22(15-23)26-3)24(23)16-18-6-10-21(25-2)11-7-18/h4-11,20,22H,12-16H2,1-3H3. The van der Waals surface area contributed by atoms with Gasteiger partial charge in [-0.05, 0) is 55.9 Å². The monoisotopic (exact) mass is 351 g/mol. The zero-order chi connectivity index (χ0) is 18.1. The number of piperidine rings is 1. The van der Waals surface area contributed by atoms with E-state index in [0.29, 0.717) is 12.1 Å². The Morgan fingerprint density at radius 3 is 2.42 bits per heavy atom. The molecule has 3 nitrogen and oxygen atoms in total. The van der Waals surface area contributed by atoms with Crippen molar-refractivity contribution >= 4 is 0 Å². The molecule has 0 amide bonds. The van der Waals surface area contributed by atoms with E-state index in [-0.39, 0.29) is 5.54 Å². The van der Waals surface area contributed by atoms with Gasteiger partial charge in [0.2, 0.25) is 0 Å². The summed E-state index contributed by atoms with van der Waals surface area (Å²) in [4.78, 5) is 2.75. The molecule has 0 spiro atoms. The summed E-state index contributed by atoms with van der Waals surface area (Å²) < 4.78 is 11.1. The number of ether oxygens (including phenoxy) is 2. The number of fused-ring (bicyclic) bond motifs is 2. The molecule has 3 heteroatoms. The molecule has 2 heterocycles. The Morgan fingerprint density at radius 1 is 1.04 bits per heavy atom. The lowest BCUT2D eigenvalue weighted by Crippen LogP contribution is -2.51. The maximum atomic E-state index is 5.83. The van der Waals surface area contributed by atoms with E-state index in [4.69, 9.17) is 9.47 Å². The van der Waals surface area contributed by atoms with Gasteiger partial charge in [-0.3, -0.25) is 4.90 Å². The first-order valence-corrected chi connectivity index (χ1v) is 9.64. The third-order valence-corrected chi connectivity index (χ3v) is 6.42. The Bertz CT molecular complexity index is 740. The largest absolute Gasteiger partial charge is 0.497 e. The fraction of sp³-hybridized carbons (Fsp3) is 0.478. The molecule has 26 heavy (non-hydrogen) atoms. The van der Waals surface area contributed by atoms with Crippen molar-refractivity contribution in [1.29, 1.82) is 0 Å². The highest BCUT2D eigenvalue weighted by Crippen LogP contribution is 2.51. The van der Waals surface area contributed by atoms with E-state index in [1.807, 2.05) is 7.11 Å². The number of rotatable bonds is 5. The summed E-state index contributed by atoms with van der Waals surface area (Å²) in [5.74, 6) is 0.920. The van der Waals surface area contributed by atoms with Crippen molar-refractivity contribution in [2.24, 2.45) is 0 Å². The van der Waals surface area contributed by atoms with Gasteiger partial charge in [-0.25, -0.2) is 0 Å². The van der Waals surface area contributed by atoms with Gasteiger partial charge in [0.15, 0.2) is 0 Å². The summed E-state index contributed by atoms with van der Waals surface area (Å²) in [6, 6.07) is 18.3. The molecular formula is C23H29NO2. The molecule has 2 aliphatic heterocycles.